The maximum Gasteiger partial charge on any atom is 0.166 e. The fourth-order valence-electron chi connectivity index (χ4n) is 1.90. The Morgan fingerprint density at radius 1 is 1.21 bits per heavy atom. The molecule has 100 valence electrons. The van der Waals surface area contributed by atoms with E-state index < -0.39 is 0 Å². The molecule has 0 spiro atoms. The molecule has 4 nitrogen and oxygen atoms in total. The van der Waals surface area contributed by atoms with Crippen LogP contribution in [0.1, 0.15) is 24.2 Å². The summed E-state index contributed by atoms with van der Waals surface area (Å²) in [7, 11) is 1.62. The molecule has 0 saturated carbocycles. The molecule has 0 fully saturated rings. The summed E-state index contributed by atoms with van der Waals surface area (Å²) >= 11 is 0. The number of nitrogens with two attached hydrogens (primary N) is 1. The van der Waals surface area contributed by atoms with Crippen LogP contribution in [0.3, 0.4) is 0 Å². The van der Waals surface area contributed by atoms with Crippen LogP contribution in [0, 0.1) is 0 Å². The molecule has 2 N–H and O–H groups in total. The molecular weight excluding hydrogens is 240 g/mol. The van der Waals surface area contributed by atoms with Crippen LogP contribution in [0.5, 0.6) is 11.5 Å². The van der Waals surface area contributed by atoms with Crippen molar-refractivity contribution < 1.29 is 9.47 Å². The first kappa shape index (κ1) is 13.4. The van der Waals surface area contributed by atoms with Crippen molar-refractivity contribution in [1.29, 1.82) is 0 Å². The van der Waals surface area contributed by atoms with Gasteiger partial charge in [0.2, 0.25) is 0 Å². The highest BCUT2D eigenvalue weighted by atomic mass is 16.5. The zero-order valence-corrected chi connectivity index (χ0v) is 11.2. The quantitative estimate of drug-likeness (QED) is 0.895. The monoisotopic (exact) mass is 258 g/mol. The molecule has 1 unspecified atom stereocenters. The summed E-state index contributed by atoms with van der Waals surface area (Å²) in [5, 5.41) is 0. The van der Waals surface area contributed by atoms with Crippen molar-refractivity contribution in [2.24, 2.45) is 5.73 Å². The number of nitrogens with zero attached hydrogens (tertiary/aromatic N) is 1. The van der Waals surface area contributed by atoms with Crippen LogP contribution in [0.2, 0.25) is 0 Å². The number of benzene rings is 1. The van der Waals surface area contributed by atoms with Gasteiger partial charge in [0.1, 0.15) is 6.10 Å². The number of pyridine rings is 1. The Labute approximate surface area is 113 Å². The van der Waals surface area contributed by atoms with Crippen molar-refractivity contribution >= 4 is 0 Å². The molecule has 1 aromatic carbocycles. The summed E-state index contributed by atoms with van der Waals surface area (Å²) in [5.41, 5.74) is 7.73. The van der Waals surface area contributed by atoms with Gasteiger partial charge in [0.25, 0.3) is 0 Å². The summed E-state index contributed by atoms with van der Waals surface area (Å²) in [6, 6.07) is 9.58. The van der Waals surface area contributed by atoms with E-state index in [0.29, 0.717) is 18.0 Å². The van der Waals surface area contributed by atoms with E-state index in [1.54, 1.807) is 19.5 Å². The Kier molecular flexibility index (Phi) is 4.36. The number of hydrogen-bond donors (Lipinski definition) is 1. The lowest BCUT2D eigenvalue weighted by atomic mass is 10.1. The average Bonchev–Trinajstić information content (AvgIpc) is 2.48. The highest BCUT2D eigenvalue weighted by molar-refractivity contribution is 5.46. The van der Waals surface area contributed by atoms with Crippen LogP contribution in [-0.2, 0) is 6.54 Å². The van der Waals surface area contributed by atoms with Gasteiger partial charge in [-0.15, -0.1) is 0 Å². The van der Waals surface area contributed by atoms with E-state index in [9.17, 15) is 0 Å². The van der Waals surface area contributed by atoms with E-state index >= 15 is 0 Å². The van der Waals surface area contributed by atoms with E-state index in [-0.39, 0.29) is 6.10 Å². The Balaban J connectivity index is 2.27. The molecule has 0 saturated heterocycles. The number of methoxy groups -OCH3 is 1. The van der Waals surface area contributed by atoms with Gasteiger partial charge in [-0.2, -0.15) is 0 Å². The summed E-state index contributed by atoms with van der Waals surface area (Å²) in [6.07, 6.45) is 3.41. The second-order valence-electron chi connectivity index (χ2n) is 4.19. The molecule has 2 rings (SSSR count). The van der Waals surface area contributed by atoms with Crippen LogP contribution in [0.25, 0.3) is 0 Å². The zero-order chi connectivity index (χ0) is 13.7. The standard InChI is InChI=1S/C15H18N2O2/c1-11(12-6-8-17-9-7-12)19-15-13(10-16)4-3-5-14(15)18-2/h3-9,11H,10,16H2,1-2H3. The van der Waals surface area contributed by atoms with Gasteiger partial charge in [0.15, 0.2) is 11.5 Å². The SMILES string of the molecule is COc1cccc(CN)c1OC(C)c1ccncc1. The third-order valence-electron chi connectivity index (χ3n) is 2.97. The van der Waals surface area contributed by atoms with Gasteiger partial charge in [-0.1, -0.05) is 12.1 Å². The third kappa shape index (κ3) is 3.03. The van der Waals surface area contributed by atoms with E-state index in [2.05, 4.69) is 4.98 Å². The molecule has 2 aromatic rings. The molecule has 0 aliphatic carbocycles. The van der Waals surface area contributed by atoms with Crippen molar-refractivity contribution in [2.45, 2.75) is 19.6 Å². The van der Waals surface area contributed by atoms with Gasteiger partial charge in [-0.05, 0) is 30.7 Å². The number of rotatable bonds is 5. The highest BCUT2D eigenvalue weighted by Gasteiger charge is 2.14. The van der Waals surface area contributed by atoms with Crippen LogP contribution >= 0.6 is 0 Å². The Bertz CT molecular complexity index is 507. The fraction of sp³-hybridized carbons (Fsp3) is 0.267. The molecular formula is C15H18N2O2. The van der Waals surface area contributed by atoms with Crippen LogP contribution in [-0.4, -0.2) is 12.1 Å². The summed E-state index contributed by atoms with van der Waals surface area (Å²) < 4.78 is 11.3. The molecule has 0 bridgehead atoms. The zero-order valence-electron chi connectivity index (χ0n) is 11.2. The van der Waals surface area contributed by atoms with Gasteiger partial charge in [-0.25, -0.2) is 0 Å². The lowest BCUT2D eigenvalue weighted by molar-refractivity contribution is 0.213. The molecule has 4 heteroatoms. The predicted octanol–water partition coefficient (Wildman–Crippen LogP) is 2.69. The molecule has 0 aliphatic rings. The molecule has 0 aliphatic heterocycles. The number of aromatic nitrogens is 1. The first-order chi connectivity index (χ1) is 9.26. The lowest BCUT2D eigenvalue weighted by Gasteiger charge is -2.19. The van der Waals surface area contributed by atoms with Crippen LogP contribution < -0.4 is 15.2 Å². The van der Waals surface area contributed by atoms with Crippen molar-refractivity contribution in [3.8, 4) is 11.5 Å². The predicted molar refractivity (Wildman–Crippen MR) is 74.2 cm³/mol. The number of para-hydroxylation sites is 1. The number of hydrogen-bond acceptors (Lipinski definition) is 4. The highest BCUT2D eigenvalue weighted by Crippen LogP contribution is 2.34. The second kappa shape index (κ2) is 6.20. The van der Waals surface area contributed by atoms with Gasteiger partial charge < -0.3 is 15.2 Å². The van der Waals surface area contributed by atoms with Gasteiger partial charge >= 0.3 is 0 Å². The summed E-state index contributed by atoms with van der Waals surface area (Å²) in [4.78, 5) is 4.00. The first-order valence-electron chi connectivity index (χ1n) is 6.18. The molecule has 1 atom stereocenters. The summed E-state index contributed by atoms with van der Waals surface area (Å²) in [6.45, 7) is 2.40. The maximum absolute atomic E-state index is 6.01. The minimum absolute atomic E-state index is 0.0930. The Morgan fingerprint density at radius 3 is 2.58 bits per heavy atom. The smallest absolute Gasteiger partial charge is 0.166 e. The molecule has 1 aromatic heterocycles. The summed E-state index contributed by atoms with van der Waals surface area (Å²) in [5.74, 6) is 1.40. The van der Waals surface area contributed by atoms with Crippen LogP contribution in [0.4, 0.5) is 0 Å². The normalized spacial score (nSPS) is 11.9. The van der Waals surface area contributed by atoms with Crippen molar-refractivity contribution in [3.63, 3.8) is 0 Å². The van der Waals surface area contributed by atoms with E-state index in [0.717, 1.165) is 11.1 Å². The lowest BCUT2D eigenvalue weighted by Crippen LogP contribution is -2.08. The van der Waals surface area contributed by atoms with Gasteiger partial charge in [0.05, 0.1) is 7.11 Å². The topological polar surface area (TPSA) is 57.4 Å². The third-order valence-corrected chi connectivity index (χ3v) is 2.97. The van der Waals surface area contributed by atoms with E-state index in [4.69, 9.17) is 15.2 Å². The fourth-order valence-corrected chi connectivity index (χ4v) is 1.90. The van der Waals surface area contributed by atoms with Crippen LogP contribution in [0.15, 0.2) is 42.7 Å². The molecule has 0 radical (unpaired) electrons. The Hall–Kier alpha value is -2.07. The Morgan fingerprint density at radius 2 is 1.95 bits per heavy atom. The largest absolute Gasteiger partial charge is 0.493 e. The van der Waals surface area contributed by atoms with Crippen molar-refractivity contribution in [1.82, 2.24) is 4.98 Å². The number of ether oxygens (including phenoxy) is 2. The van der Waals surface area contributed by atoms with Crippen molar-refractivity contribution in [3.05, 3.63) is 53.9 Å². The van der Waals surface area contributed by atoms with Gasteiger partial charge in [-0.3, -0.25) is 4.98 Å². The van der Waals surface area contributed by atoms with E-state index in [1.165, 1.54) is 0 Å². The average molecular weight is 258 g/mol. The minimum atomic E-state index is -0.0930. The van der Waals surface area contributed by atoms with E-state index in [1.807, 2.05) is 37.3 Å². The minimum Gasteiger partial charge on any atom is -0.493 e. The van der Waals surface area contributed by atoms with Gasteiger partial charge in [0, 0.05) is 24.5 Å². The first-order valence-corrected chi connectivity index (χ1v) is 6.18. The molecule has 0 amide bonds. The molecule has 1 heterocycles. The maximum atomic E-state index is 6.01. The molecule has 19 heavy (non-hydrogen) atoms. The van der Waals surface area contributed by atoms with Crippen molar-refractivity contribution in [2.75, 3.05) is 7.11 Å². The second-order valence-corrected chi connectivity index (χ2v) is 4.19.